The van der Waals surface area contributed by atoms with E-state index >= 15 is 0 Å². The topological polar surface area (TPSA) is 38.2 Å². The number of fused-ring (bicyclic) bond motifs is 1. The molecule has 0 amide bonds. The number of ether oxygens (including phenoxy) is 1. The monoisotopic (exact) mass is 277 g/mol. The molecule has 0 bridgehead atoms. The number of halogens is 1. The molecule has 1 aromatic carbocycles. The number of anilines is 1. The first-order valence-corrected chi connectivity index (χ1v) is 6.97. The van der Waals surface area contributed by atoms with E-state index in [2.05, 4.69) is 27.9 Å². The van der Waals surface area contributed by atoms with E-state index in [4.69, 9.17) is 16.3 Å². The third-order valence-corrected chi connectivity index (χ3v) is 3.82. The molecule has 2 heterocycles. The lowest BCUT2D eigenvalue weighted by Crippen LogP contribution is -2.49. The van der Waals surface area contributed by atoms with Crippen molar-refractivity contribution >= 4 is 28.3 Å². The minimum absolute atomic E-state index is 0.0617. The lowest BCUT2D eigenvalue weighted by molar-refractivity contribution is 0.0362. The highest BCUT2D eigenvalue weighted by molar-refractivity contribution is 6.18. The molecular formula is C14H16ClN3O. The van der Waals surface area contributed by atoms with Crippen LogP contribution in [0.5, 0.6) is 0 Å². The summed E-state index contributed by atoms with van der Waals surface area (Å²) in [6.45, 7) is 3.59. The van der Waals surface area contributed by atoms with Crippen molar-refractivity contribution in [2.75, 3.05) is 23.9 Å². The molecule has 2 unspecified atom stereocenters. The lowest BCUT2D eigenvalue weighted by atomic mass is 10.1. The van der Waals surface area contributed by atoms with Gasteiger partial charge in [-0.25, -0.2) is 9.97 Å². The Labute approximate surface area is 117 Å². The number of rotatable bonds is 2. The van der Waals surface area contributed by atoms with Gasteiger partial charge in [-0.05, 0) is 19.1 Å². The van der Waals surface area contributed by atoms with Crippen LogP contribution in [0, 0.1) is 0 Å². The van der Waals surface area contributed by atoms with Gasteiger partial charge in [0.2, 0.25) is 0 Å². The van der Waals surface area contributed by atoms with Crippen LogP contribution in [0.4, 0.5) is 5.82 Å². The van der Waals surface area contributed by atoms with E-state index in [1.807, 2.05) is 18.2 Å². The molecule has 3 rings (SSSR count). The van der Waals surface area contributed by atoms with Crippen molar-refractivity contribution in [3.05, 3.63) is 30.6 Å². The maximum atomic E-state index is 5.91. The predicted octanol–water partition coefficient (Wildman–Crippen LogP) is 2.46. The summed E-state index contributed by atoms with van der Waals surface area (Å²) in [5, 5.41) is 1.08. The average Bonchev–Trinajstić information content (AvgIpc) is 2.47. The summed E-state index contributed by atoms with van der Waals surface area (Å²) in [6, 6.07) is 8.36. The smallest absolute Gasteiger partial charge is 0.140 e. The summed E-state index contributed by atoms with van der Waals surface area (Å²) in [4.78, 5) is 11.0. The lowest BCUT2D eigenvalue weighted by Gasteiger charge is -2.38. The second-order valence-corrected chi connectivity index (χ2v) is 5.13. The van der Waals surface area contributed by atoms with Gasteiger partial charge in [-0.3, -0.25) is 0 Å². The number of morpholine rings is 1. The van der Waals surface area contributed by atoms with Gasteiger partial charge < -0.3 is 9.64 Å². The Morgan fingerprint density at radius 3 is 3.05 bits per heavy atom. The molecule has 0 saturated carbocycles. The molecule has 1 aliphatic rings. The number of benzene rings is 1. The molecule has 1 saturated heterocycles. The SMILES string of the molecule is CC1COC(CCl)CN1c1ncnc2ccccc12. The Morgan fingerprint density at radius 1 is 1.37 bits per heavy atom. The average molecular weight is 278 g/mol. The van der Waals surface area contributed by atoms with Crippen molar-refractivity contribution < 1.29 is 4.74 Å². The highest BCUT2D eigenvalue weighted by Crippen LogP contribution is 2.26. The summed E-state index contributed by atoms with van der Waals surface area (Å²) >= 11 is 5.91. The van der Waals surface area contributed by atoms with Gasteiger partial charge in [-0.15, -0.1) is 11.6 Å². The summed E-state index contributed by atoms with van der Waals surface area (Å²) in [7, 11) is 0. The van der Waals surface area contributed by atoms with Crippen molar-refractivity contribution in [3.8, 4) is 0 Å². The van der Waals surface area contributed by atoms with E-state index in [-0.39, 0.29) is 12.1 Å². The predicted molar refractivity (Wildman–Crippen MR) is 76.8 cm³/mol. The third-order valence-electron chi connectivity index (χ3n) is 3.47. The fraction of sp³-hybridized carbons (Fsp3) is 0.429. The van der Waals surface area contributed by atoms with Crippen LogP contribution in [0.15, 0.2) is 30.6 Å². The largest absolute Gasteiger partial charge is 0.373 e. The first-order chi connectivity index (χ1) is 9.29. The number of nitrogens with zero attached hydrogens (tertiary/aromatic N) is 3. The van der Waals surface area contributed by atoms with E-state index in [1.54, 1.807) is 6.33 Å². The van der Waals surface area contributed by atoms with Gasteiger partial charge >= 0.3 is 0 Å². The van der Waals surface area contributed by atoms with Gasteiger partial charge in [-0.1, -0.05) is 12.1 Å². The van der Waals surface area contributed by atoms with Crippen LogP contribution in [0.3, 0.4) is 0 Å². The molecule has 0 aliphatic carbocycles. The molecule has 4 nitrogen and oxygen atoms in total. The number of aromatic nitrogens is 2. The number of para-hydroxylation sites is 1. The van der Waals surface area contributed by atoms with Crippen molar-refractivity contribution in [2.45, 2.75) is 19.1 Å². The number of alkyl halides is 1. The second kappa shape index (κ2) is 5.31. The molecule has 2 aromatic rings. The van der Waals surface area contributed by atoms with Crippen LogP contribution in [0.25, 0.3) is 10.9 Å². The Bertz CT molecular complexity index is 572. The zero-order chi connectivity index (χ0) is 13.2. The molecule has 5 heteroatoms. The van der Waals surface area contributed by atoms with Crippen LogP contribution in [-0.2, 0) is 4.74 Å². The van der Waals surface area contributed by atoms with E-state index in [0.717, 1.165) is 23.3 Å². The molecule has 2 atom stereocenters. The summed E-state index contributed by atoms with van der Waals surface area (Å²) in [6.07, 6.45) is 1.68. The standard InChI is InChI=1S/C14H16ClN3O/c1-10-8-19-11(6-15)7-18(10)14-12-4-2-3-5-13(12)16-9-17-14/h2-5,9-11H,6-8H2,1H3. The van der Waals surface area contributed by atoms with Gasteiger partial charge in [0, 0.05) is 11.9 Å². The summed E-state index contributed by atoms with van der Waals surface area (Å²) in [5.74, 6) is 1.48. The first-order valence-electron chi connectivity index (χ1n) is 6.43. The van der Waals surface area contributed by atoms with Gasteiger partial charge in [-0.2, -0.15) is 0 Å². The molecule has 0 N–H and O–H groups in total. The molecule has 1 aromatic heterocycles. The van der Waals surface area contributed by atoms with E-state index < -0.39 is 0 Å². The van der Waals surface area contributed by atoms with Gasteiger partial charge in [0.15, 0.2) is 0 Å². The number of hydrogen-bond acceptors (Lipinski definition) is 4. The fourth-order valence-electron chi connectivity index (χ4n) is 2.43. The summed E-state index contributed by atoms with van der Waals surface area (Å²) in [5.41, 5.74) is 0.966. The van der Waals surface area contributed by atoms with Crippen molar-refractivity contribution in [3.63, 3.8) is 0 Å². The van der Waals surface area contributed by atoms with Crippen molar-refractivity contribution in [1.82, 2.24) is 9.97 Å². The van der Waals surface area contributed by atoms with Gasteiger partial charge in [0.1, 0.15) is 12.1 Å². The molecule has 0 spiro atoms. The molecule has 19 heavy (non-hydrogen) atoms. The van der Waals surface area contributed by atoms with Crippen LogP contribution in [0.1, 0.15) is 6.92 Å². The maximum Gasteiger partial charge on any atom is 0.140 e. The number of hydrogen-bond donors (Lipinski definition) is 0. The van der Waals surface area contributed by atoms with E-state index in [1.165, 1.54) is 0 Å². The van der Waals surface area contributed by atoms with Crippen LogP contribution >= 0.6 is 11.6 Å². The molecule has 1 fully saturated rings. The molecule has 100 valence electrons. The quantitative estimate of drug-likeness (QED) is 0.791. The van der Waals surface area contributed by atoms with Gasteiger partial charge in [0.25, 0.3) is 0 Å². The Balaban J connectivity index is 2.02. The minimum atomic E-state index is 0.0617. The molecule has 1 aliphatic heterocycles. The molecular weight excluding hydrogens is 262 g/mol. The fourth-order valence-corrected chi connectivity index (χ4v) is 2.61. The third kappa shape index (κ3) is 2.38. The minimum Gasteiger partial charge on any atom is -0.373 e. The Kier molecular flexibility index (Phi) is 3.53. The normalized spacial score (nSPS) is 23.8. The van der Waals surface area contributed by atoms with Gasteiger partial charge in [0.05, 0.1) is 30.1 Å². The van der Waals surface area contributed by atoms with Crippen LogP contribution in [-0.4, -0.2) is 41.1 Å². The molecule has 0 radical (unpaired) electrons. The van der Waals surface area contributed by atoms with E-state index in [9.17, 15) is 0 Å². The maximum absolute atomic E-state index is 5.91. The van der Waals surface area contributed by atoms with Crippen LogP contribution < -0.4 is 4.90 Å². The zero-order valence-corrected chi connectivity index (χ0v) is 11.5. The zero-order valence-electron chi connectivity index (χ0n) is 10.8. The second-order valence-electron chi connectivity index (χ2n) is 4.83. The Hall–Kier alpha value is -1.39. The van der Waals surface area contributed by atoms with Crippen molar-refractivity contribution in [2.24, 2.45) is 0 Å². The highest BCUT2D eigenvalue weighted by atomic mass is 35.5. The van der Waals surface area contributed by atoms with Crippen LogP contribution in [0.2, 0.25) is 0 Å². The van der Waals surface area contributed by atoms with Crippen molar-refractivity contribution in [1.29, 1.82) is 0 Å². The first kappa shape index (κ1) is 12.6. The Morgan fingerprint density at radius 2 is 2.21 bits per heavy atom. The van der Waals surface area contributed by atoms with E-state index in [0.29, 0.717) is 12.5 Å². The highest BCUT2D eigenvalue weighted by Gasteiger charge is 2.27. The summed E-state index contributed by atoms with van der Waals surface area (Å²) < 4.78 is 5.69.